The van der Waals surface area contributed by atoms with E-state index < -0.39 is 48.4 Å². The number of aliphatic carboxylic acids is 1. The summed E-state index contributed by atoms with van der Waals surface area (Å²) in [5.41, 5.74) is 5.35. The summed E-state index contributed by atoms with van der Waals surface area (Å²) in [4.78, 5) is 50.1. The van der Waals surface area contributed by atoms with Crippen LogP contribution in [0.1, 0.15) is 36.1 Å². The van der Waals surface area contributed by atoms with E-state index in [-0.39, 0.29) is 11.6 Å². The molecule has 3 rings (SSSR count). The number of phenols is 1. The van der Waals surface area contributed by atoms with Crippen LogP contribution < -0.4 is 16.4 Å². The fraction of sp³-hybridized carbons (Fsp3) is 0.227. The quantitative estimate of drug-likeness (QED) is 0.193. The second-order valence-corrected chi connectivity index (χ2v) is 7.75. The zero-order chi connectivity index (χ0) is 24.3. The number of phenolic OH excluding ortho intramolecular Hbond substituents is 1. The van der Waals surface area contributed by atoms with E-state index >= 15 is 0 Å². The van der Waals surface area contributed by atoms with Gasteiger partial charge in [-0.1, -0.05) is 36.4 Å². The monoisotopic (exact) mass is 453 g/mol. The predicted octanol–water partition coefficient (Wildman–Crippen LogP) is 0.775. The molecular formula is C22H23N5O6. The smallest absolute Gasteiger partial charge is 0.325 e. The number of hydrogen-bond donors (Lipinski definition) is 6. The van der Waals surface area contributed by atoms with Gasteiger partial charge in [-0.25, -0.2) is 4.79 Å². The molecule has 1 heterocycles. The summed E-state index contributed by atoms with van der Waals surface area (Å²) in [5.74, 6) is -2.71. The molecule has 0 aliphatic carbocycles. The van der Waals surface area contributed by atoms with Crippen molar-refractivity contribution in [2.24, 2.45) is 5.73 Å². The lowest BCUT2D eigenvalue weighted by molar-refractivity contribution is -0.138. The van der Waals surface area contributed by atoms with Gasteiger partial charge in [0.25, 0.3) is 5.91 Å². The van der Waals surface area contributed by atoms with Crippen molar-refractivity contribution in [1.82, 2.24) is 15.5 Å². The fourth-order valence-corrected chi connectivity index (χ4v) is 3.54. The van der Waals surface area contributed by atoms with Crippen molar-refractivity contribution >= 4 is 29.7 Å². The van der Waals surface area contributed by atoms with Crippen LogP contribution in [0.2, 0.25) is 0 Å². The van der Waals surface area contributed by atoms with E-state index in [4.69, 9.17) is 11.1 Å². The van der Waals surface area contributed by atoms with Crippen LogP contribution in [0.3, 0.4) is 0 Å². The van der Waals surface area contributed by atoms with Gasteiger partial charge in [0.1, 0.15) is 23.7 Å². The van der Waals surface area contributed by atoms with Gasteiger partial charge in [-0.3, -0.25) is 24.7 Å². The van der Waals surface area contributed by atoms with Gasteiger partial charge in [0, 0.05) is 5.56 Å². The average molecular weight is 453 g/mol. The van der Waals surface area contributed by atoms with Crippen molar-refractivity contribution in [2.45, 2.75) is 24.9 Å². The summed E-state index contributed by atoms with van der Waals surface area (Å²) in [6, 6.07) is 10.2. The summed E-state index contributed by atoms with van der Waals surface area (Å²) in [5, 5.41) is 31.2. The number of carbonyl (C=O) groups excluding carboxylic acids is 3. The molecule has 2 aromatic carbocycles. The van der Waals surface area contributed by atoms with Crippen molar-refractivity contribution in [1.29, 1.82) is 5.41 Å². The summed E-state index contributed by atoms with van der Waals surface area (Å²) < 4.78 is 0. The molecule has 1 fully saturated rings. The highest BCUT2D eigenvalue weighted by atomic mass is 16.4. The van der Waals surface area contributed by atoms with Gasteiger partial charge in [-0.05, 0) is 30.2 Å². The number of nitrogens with zero attached hydrogens (tertiary/aromatic N) is 1. The molecule has 7 N–H and O–H groups in total. The molecule has 11 nitrogen and oxygen atoms in total. The molecule has 0 spiro atoms. The highest BCUT2D eigenvalue weighted by Crippen LogP contribution is 2.29. The van der Waals surface area contributed by atoms with Crippen LogP contribution in [0.4, 0.5) is 4.79 Å². The second kappa shape index (κ2) is 8.99. The van der Waals surface area contributed by atoms with E-state index in [2.05, 4.69) is 10.6 Å². The number of nitrogens with one attached hydrogen (secondary N) is 3. The van der Waals surface area contributed by atoms with Crippen molar-refractivity contribution in [3.8, 4) is 5.75 Å². The number of aromatic hydroxyl groups is 1. The molecule has 0 aromatic heterocycles. The van der Waals surface area contributed by atoms with Crippen LogP contribution in [0.25, 0.3) is 0 Å². The normalized spacial score (nSPS) is 18.5. The molecule has 1 saturated heterocycles. The minimum atomic E-state index is -1.43. The number of nitrogen functional groups attached to an aromatic ring is 1. The molecule has 0 unspecified atom stereocenters. The molecule has 2 aromatic rings. The number of nitrogens with two attached hydrogens (primary N) is 1. The van der Waals surface area contributed by atoms with Gasteiger partial charge in [-0.2, -0.15) is 0 Å². The largest absolute Gasteiger partial charge is 0.508 e. The Morgan fingerprint density at radius 2 is 1.76 bits per heavy atom. The zero-order valence-corrected chi connectivity index (χ0v) is 17.7. The maximum absolute atomic E-state index is 13.0. The van der Waals surface area contributed by atoms with Crippen molar-refractivity contribution in [3.05, 3.63) is 65.2 Å². The average Bonchev–Trinajstić information content (AvgIpc) is 2.97. The van der Waals surface area contributed by atoms with Crippen LogP contribution >= 0.6 is 0 Å². The Kier molecular flexibility index (Phi) is 6.33. The summed E-state index contributed by atoms with van der Waals surface area (Å²) in [6.45, 7) is 0.886. The number of urea groups is 1. The van der Waals surface area contributed by atoms with Crippen molar-refractivity contribution in [2.75, 3.05) is 6.54 Å². The van der Waals surface area contributed by atoms with E-state index in [0.29, 0.717) is 16.7 Å². The number of rotatable bonds is 8. The van der Waals surface area contributed by atoms with Gasteiger partial charge in [0.2, 0.25) is 5.91 Å². The Balaban J connectivity index is 1.75. The summed E-state index contributed by atoms with van der Waals surface area (Å²) in [6.07, 6.45) is -0.434. The van der Waals surface area contributed by atoms with Crippen molar-refractivity contribution in [3.63, 3.8) is 0 Å². The molecule has 2 atom stereocenters. The standard InChI is InChI=1S/C22H23N5O6/c1-22(14-6-2-13(3-7-14)19(23)24)20(32)27(21(33)26-22)11-17(29)25-16(10-18(30)31)12-4-8-15(28)9-5-12/h2-9,16,28H,10-11H2,1H3,(H3,23,24)(H,25,29)(H,26,33)(H,30,31)/t16-,22-/m0/s1. The van der Waals surface area contributed by atoms with E-state index in [1.807, 2.05) is 0 Å². The van der Waals surface area contributed by atoms with E-state index in [9.17, 15) is 29.4 Å². The summed E-state index contributed by atoms with van der Waals surface area (Å²) in [7, 11) is 0. The molecular weight excluding hydrogens is 430 g/mol. The lowest BCUT2D eigenvalue weighted by Crippen LogP contribution is -2.44. The Labute approximate surface area is 188 Å². The van der Waals surface area contributed by atoms with Crippen molar-refractivity contribution < 1.29 is 29.4 Å². The maximum atomic E-state index is 13.0. The Morgan fingerprint density at radius 1 is 1.15 bits per heavy atom. The van der Waals surface area contributed by atoms with Crippen LogP contribution in [0, 0.1) is 5.41 Å². The number of carboxylic acids is 1. The van der Waals surface area contributed by atoms with Crippen LogP contribution in [0.5, 0.6) is 5.75 Å². The van der Waals surface area contributed by atoms with Gasteiger partial charge in [0.15, 0.2) is 0 Å². The van der Waals surface area contributed by atoms with Crippen LogP contribution in [-0.4, -0.2) is 51.3 Å². The molecule has 0 bridgehead atoms. The molecule has 4 amide bonds. The topological polar surface area (TPSA) is 186 Å². The third-order valence-corrected chi connectivity index (χ3v) is 5.36. The number of benzene rings is 2. The van der Waals surface area contributed by atoms with Gasteiger partial charge in [-0.15, -0.1) is 0 Å². The maximum Gasteiger partial charge on any atom is 0.325 e. The van der Waals surface area contributed by atoms with Crippen LogP contribution in [-0.2, 0) is 19.9 Å². The number of imide groups is 1. The van der Waals surface area contributed by atoms with Gasteiger partial charge < -0.3 is 26.6 Å². The Hall–Kier alpha value is -4.41. The molecule has 1 aliphatic heterocycles. The van der Waals surface area contributed by atoms with E-state index in [1.165, 1.54) is 31.2 Å². The zero-order valence-electron chi connectivity index (χ0n) is 17.7. The highest BCUT2D eigenvalue weighted by Gasteiger charge is 2.49. The van der Waals surface area contributed by atoms with E-state index in [1.54, 1.807) is 24.3 Å². The van der Waals surface area contributed by atoms with Gasteiger partial charge in [0.05, 0.1) is 12.5 Å². The number of hydrogen-bond acceptors (Lipinski definition) is 6. The third kappa shape index (κ3) is 4.92. The Bertz CT molecular complexity index is 1120. The first-order valence-corrected chi connectivity index (χ1v) is 9.90. The molecule has 1 aliphatic rings. The summed E-state index contributed by atoms with van der Waals surface area (Å²) >= 11 is 0. The third-order valence-electron chi connectivity index (χ3n) is 5.36. The first-order chi connectivity index (χ1) is 15.5. The Morgan fingerprint density at radius 3 is 2.30 bits per heavy atom. The predicted molar refractivity (Wildman–Crippen MR) is 116 cm³/mol. The van der Waals surface area contributed by atoms with Gasteiger partial charge >= 0.3 is 12.0 Å². The minimum Gasteiger partial charge on any atom is -0.508 e. The molecule has 0 radical (unpaired) electrons. The molecule has 33 heavy (non-hydrogen) atoms. The lowest BCUT2D eigenvalue weighted by Gasteiger charge is -2.23. The van der Waals surface area contributed by atoms with E-state index in [0.717, 1.165) is 4.90 Å². The van der Waals surface area contributed by atoms with Crippen LogP contribution in [0.15, 0.2) is 48.5 Å². The first kappa shape index (κ1) is 23.3. The number of amides is 4. The minimum absolute atomic E-state index is 0.0193. The first-order valence-electron chi connectivity index (χ1n) is 9.90. The number of amidine groups is 1. The molecule has 11 heteroatoms. The molecule has 0 saturated carbocycles. The second-order valence-electron chi connectivity index (χ2n) is 7.75. The highest BCUT2D eigenvalue weighted by molar-refractivity contribution is 6.09. The lowest BCUT2D eigenvalue weighted by atomic mass is 9.91. The molecule has 172 valence electrons. The number of carboxylic acid groups (broad SMARTS) is 1. The SMILES string of the molecule is C[C@@]1(c2ccc(C(=N)N)cc2)NC(=O)N(CC(=O)N[C@@H](CC(=O)O)c2ccc(O)cc2)C1=O. The number of carbonyl (C=O) groups is 4. The fourth-order valence-electron chi connectivity index (χ4n) is 3.54.